The van der Waals surface area contributed by atoms with E-state index in [-0.39, 0.29) is 11.8 Å². The van der Waals surface area contributed by atoms with E-state index < -0.39 is 0 Å². The maximum Gasteiger partial charge on any atom is 0.231 e. The second-order valence-electron chi connectivity index (χ2n) is 5.33. The molecule has 1 fully saturated rings. The quantitative estimate of drug-likeness (QED) is 0.855. The maximum atomic E-state index is 12.0. The second kappa shape index (κ2) is 6.03. The van der Waals surface area contributed by atoms with Crippen LogP contribution in [0.1, 0.15) is 36.2 Å². The largest absolute Gasteiger partial charge is 0.342 e. The standard InChI is InChI=1S/C15H18N4O2/c1-11-17-15(21-18-11)12-5-6-14(20)19(10-12)9-7-13-4-2-3-8-16-13/h2-4,8,12H,5-7,9-10H2,1H3. The zero-order valence-electron chi connectivity index (χ0n) is 12.0. The van der Waals surface area contributed by atoms with Gasteiger partial charge in [0.15, 0.2) is 5.82 Å². The highest BCUT2D eigenvalue weighted by Gasteiger charge is 2.29. The van der Waals surface area contributed by atoms with Crippen molar-refractivity contribution in [3.8, 4) is 0 Å². The maximum absolute atomic E-state index is 12.0. The number of aryl methyl sites for hydroxylation is 1. The van der Waals surface area contributed by atoms with Gasteiger partial charge >= 0.3 is 0 Å². The van der Waals surface area contributed by atoms with Crippen LogP contribution in [0.5, 0.6) is 0 Å². The van der Waals surface area contributed by atoms with Crippen LogP contribution in [0.2, 0.25) is 0 Å². The molecular formula is C15H18N4O2. The lowest BCUT2D eigenvalue weighted by atomic mass is 9.97. The van der Waals surface area contributed by atoms with E-state index in [1.807, 2.05) is 23.1 Å². The Morgan fingerprint density at radius 1 is 1.43 bits per heavy atom. The smallest absolute Gasteiger partial charge is 0.231 e. The van der Waals surface area contributed by atoms with Gasteiger partial charge in [0, 0.05) is 37.8 Å². The van der Waals surface area contributed by atoms with Crippen molar-refractivity contribution in [2.75, 3.05) is 13.1 Å². The van der Waals surface area contributed by atoms with E-state index in [2.05, 4.69) is 15.1 Å². The molecule has 1 aliphatic heterocycles. The number of pyridine rings is 1. The molecule has 1 aliphatic rings. The second-order valence-corrected chi connectivity index (χ2v) is 5.33. The van der Waals surface area contributed by atoms with Gasteiger partial charge in [-0.05, 0) is 25.5 Å². The number of carbonyl (C=O) groups excluding carboxylic acids is 1. The van der Waals surface area contributed by atoms with Crippen molar-refractivity contribution in [2.24, 2.45) is 0 Å². The van der Waals surface area contributed by atoms with Gasteiger partial charge in [-0.15, -0.1) is 0 Å². The van der Waals surface area contributed by atoms with E-state index in [9.17, 15) is 4.79 Å². The van der Waals surface area contributed by atoms with Crippen LogP contribution in [0.25, 0.3) is 0 Å². The van der Waals surface area contributed by atoms with Crippen LogP contribution in [0, 0.1) is 6.92 Å². The summed E-state index contributed by atoms with van der Waals surface area (Å²) < 4.78 is 5.24. The van der Waals surface area contributed by atoms with Crippen LogP contribution >= 0.6 is 0 Å². The predicted molar refractivity (Wildman–Crippen MR) is 75.5 cm³/mol. The molecule has 6 heteroatoms. The number of nitrogens with zero attached hydrogens (tertiary/aromatic N) is 4. The van der Waals surface area contributed by atoms with Crippen LogP contribution in [0.15, 0.2) is 28.9 Å². The van der Waals surface area contributed by atoms with Gasteiger partial charge in [0.25, 0.3) is 0 Å². The van der Waals surface area contributed by atoms with Crippen molar-refractivity contribution in [1.82, 2.24) is 20.0 Å². The average molecular weight is 286 g/mol. The molecule has 6 nitrogen and oxygen atoms in total. The van der Waals surface area contributed by atoms with Gasteiger partial charge in [-0.2, -0.15) is 4.98 Å². The van der Waals surface area contributed by atoms with Gasteiger partial charge in [-0.1, -0.05) is 11.2 Å². The number of piperidine rings is 1. The van der Waals surface area contributed by atoms with Crippen molar-refractivity contribution in [3.05, 3.63) is 41.8 Å². The van der Waals surface area contributed by atoms with E-state index >= 15 is 0 Å². The monoisotopic (exact) mass is 286 g/mol. The lowest BCUT2D eigenvalue weighted by Gasteiger charge is -2.30. The van der Waals surface area contributed by atoms with Crippen molar-refractivity contribution < 1.29 is 9.32 Å². The van der Waals surface area contributed by atoms with Gasteiger partial charge in [0.2, 0.25) is 11.8 Å². The number of amides is 1. The Morgan fingerprint density at radius 2 is 2.33 bits per heavy atom. The first-order valence-electron chi connectivity index (χ1n) is 7.20. The molecule has 0 N–H and O–H groups in total. The molecule has 110 valence electrons. The van der Waals surface area contributed by atoms with Crippen LogP contribution in [0.3, 0.4) is 0 Å². The molecular weight excluding hydrogens is 268 g/mol. The number of likely N-dealkylation sites (tertiary alicyclic amines) is 1. The molecule has 2 aromatic rings. The average Bonchev–Trinajstić information content (AvgIpc) is 2.94. The first-order valence-corrected chi connectivity index (χ1v) is 7.20. The van der Waals surface area contributed by atoms with Crippen molar-refractivity contribution in [2.45, 2.75) is 32.1 Å². The van der Waals surface area contributed by atoms with Gasteiger partial charge in [-0.3, -0.25) is 9.78 Å². The third-order valence-electron chi connectivity index (χ3n) is 3.76. The summed E-state index contributed by atoms with van der Waals surface area (Å²) in [6.07, 6.45) is 3.86. The summed E-state index contributed by atoms with van der Waals surface area (Å²) in [6, 6.07) is 5.83. The molecule has 0 radical (unpaired) electrons. The van der Waals surface area contributed by atoms with Gasteiger partial charge in [-0.25, -0.2) is 0 Å². The van der Waals surface area contributed by atoms with Crippen molar-refractivity contribution in [3.63, 3.8) is 0 Å². The Hall–Kier alpha value is -2.24. The lowest BCUT2D eigenvalue weighted by Crippen LogP contribution is -2.40. The molecule has 0 aromatic carbocycles. The van der Waals surface area contributed by atoms with Crippen LogP contribution < -0.4 is 0 Å². The molecule has 0 aliphatic carbocycles. The SMILES string of the molecule is Cc1noc(C2CCC(=O)N(CCc3ccccn3)C2)n1. The number of aromatic nitrogens is 3. The fourth-order valence-electron chi connectivity index (χ4n) is 2.61. The molecule has 1 unspecified atom stereocenters. The van der Waals surface area contributed by atoms with E-state index in [4.69, 9.17) is 4.52 Å². The highest BCUT2D eigenvalue weighted by atomic mass is 16.5. The van der Waals surface area contributed by atoms with Crippen molar-refractivity contribution >= 4 is 5.91 Å². The van der Waals surface area contributed by atoms with E-state index in [1.54, 1.807) is 13.1 Å². The van der Waals surface area contributed by atoms with E-state index in [0.717, 1.165) is 18.5 Å². The fourth-order valence-corrected chi connectivity index (χ4v) is 2.61. The normalized spacial score (nSPS) is 19.0. The lowest BCUT2D eigenvalue weighted by molar-refractivity contribution is -0.133. The predicted octanol–water partition coefficient (Wildman–Crippen LogP) is 1.72. The summed E-state index contributed by atoms with van der Waals surface area (Å²) >= 11 is 0. The molecule has 1 saturated heterocycles. The Bertz CT molecular complexity index is 611. The van der Waals surface area contributed by atoms with Crippen LogP contribution in [-0.2, 0) is 11.2 Å². The molecule has 3 heterocycles. The Balaban J connectivity index is 1.62. The summed E-state index contributed by atoms with van der Waals surface area (Å²) in [5, 5.41) is 3.83. The summed E-state index contributed by atoms with van der Waals surface area (Å²) in [4.78, 5) is 22.5. The summed E-state index contributed by atoms with van der Waals surface area (Å²) in [5.74, 6) is 1.62. The number of rotatable bonds is 4. The summed E-state index contributed by atoms with van der Waals surface area (Å²) in [5.41, 5.74) is 1.00. The molecule has 1 amide bonds. The van der Waals surface area contributed by atoms with E-state index in [0.29, 0.717) is 31.2 Å². The minimum absolute atomic E-state index is 0.146. The Morgan fingerprint density at radius 3 is 3.05 bits per heavy atom. The molecule has 0 saturated carbocycles. The third kappa shape index (κ3) is 3.26. The van der Waals surface area contributed by atoms with Crippen LogP contribution in [-0.4, -0.2) is 39.0 Å². The zero-order valence-corrected chi connectivity index (χ0v) is 12.0. The van der Waals surface area contributed by atoms with Crippen LogP contribution in [0.4, 0.5) is 0 Å². The number of carbonyl (C=O) groups is 1. The highest BCUT2D eigenvalue weighted by molar-refractivity contribution is 5.77. The highest BCUT2D eigenvalue weighted by Crippen LogP contribution is 2.26. The van der Waals surface area contributed by atoms with E-state index in [1.165, 1.54) is 0 Å². The molecule has 21 heavy (non-hydrogen) atoms. The topological polar surface area (TPSA) is 72.1 Å². The number of hydrogen-bond donors (Lipinski definition) is 0. The van der Waals surface area contributed by atoms with Crippen molar-refractivity contribution in [1.29, 1.82) is 0 Å². The minimum atomic E-state index is 0.146. The Labute approximate surface area is 123 Å². The van der Waals surface area contributed by atoms with Gasteiger partial charge in [0.05, 0.1) is 5.92 Å². The molecule has 0 bridgehead atoms. The Kier molecular flexibility index (Phi) is 3.94. The molecule has 3 rings (SSSR count). The minimum Gasteiger partial charge on any atom is -0.342 e. The zero-order chi connectivity index (χ0) is 14.7. The first kappa shape index (κ1) is 13.7. The van der Waals surface area contributed by atoms with Gasteiger partial charge in [0.1, 0.15) is 0 Å². The van der Waals surface area contributed by atoms with Gasteiger partial charge < -0.3 is 9.42 Å². The summed E-state index contributed by atoms with van der Waals surface area (Å²) in [6.45, 7) is 3.13. The third-order valence-corrected chi connectivity index (χ3v) is 3.76. The molecule has 1 atom stereocenters. The summed E-state index contributed by atoms with van der Waals surface area (Å²) in [7, 11) is 0. The molecule has 2 aromatic heterocycles. The number of hydrogen-bond acceptors (Lipinski definition) is 5. The first-order chi connectivity index (χ1) is 10.2. The fraction of sp³-hybridized carbons (Fsp3) is 0.467. The molecule has 0 spiro atoms.